The quantitative estimate of drug-likeness (QED) is 0.864. The lowest BCUT2D eigenvalue weighted by molar-refractivity contribution is 0.811. The predicted octanol–water partition coefficient (Wildman–Crippen LogP) is 2.87. The number of aryl methyl sites for hydroxylation is 1. The van der Waals surface area contributed by atoms with Crippen LogP contribution in [0.4, 0.5) is 11.5 Å². The van der Waals surface area contributed by atoms with E-state index in [4.69, 9.17) is 11.0 Å². The first-order chi connectivity index (χ1) is 9.63. The minimum Gasteiger partial charge on any atom is -0.398 e. The van der Waals surface area contributed by atoms with Crippen LogP contribution in [0.5, 0.6) is 0 Å². The molecule has 0 amide bonds. The zero-order valence-electron chi connectivity index (χ0n) is 11.8. The van der Waals surface area contributed by atoms with Crippen molar-refractivity contribution in [3.63, 3.8) is 0 Å². The van der Waals surface area contributed by atoms with Crippen molar-refractivity contribution < 1.29 is 0 Å². The minimum atomic E-state index is 0.631. The Morgan fingerprint density at radius 2 is 2.05 bits per heavy atom. The third-order valence-electron chi connectivity index (χ3n) is 3.19. The van der Waals surface area contributed by atoms with E-state index in [9.17, 15) is 0 Å². The topological polar surface area (TPSA) is 65.9 Å². The maximum Gasteiger partial charge on any atom is 0.130 e. The Balaban J connectivity index is 2.31. The number of benzene rings is 1. The maximum atomic E-state index is 9.06. The third-order valence-corrected chi connectivity index (χ3v) is 3.19. The number of pyridine rings is 1. The second kappa shape index (κ2) is 6.07. The lowest BCUT2D eigenvalue weighted by Gasteiger charge is -2.23. The number of nitrogen functional groups attached to an aromatic ring is 1. The standard InChI is InChI=1S/C16H18N4/c1-3-20(11-14-6-4-5-7-15(14)18)16-9-13(10-17)8-12(2)19-16/h4-9H,3,11,18H2,1-2H3. The summed E-state index contributed by atoms with van der Waals surface area (Å²) in [6.45, 7) is 5.45. The fourth-order valence-corrected chi connectivity index (χ4v) is 2.12. The summed E-state index contributed by atoms with van der Waals surface area (Å²) in [5.41, 5.74) is 9.31. The molecule has 0 aliphatic rings. The van der Waals surface area contributed by atoms with Gasteiger partial charge in [0.15, 0.2) is 0 Å². The van der Waals surface area contributed by atoms with Crippen LogP contribution >= 0.6 is 0 Å². The molecule has 2 aromatic rings. The van der Waals surface area contributed by atoms with Gasteiger partial charge in [0.2, 0.25) is 0 Å². The van der Waals surface area contributed by atoms with E-state index in [1.54, 1.807) is 6.07 Å². The Hall–Kier alpha value is -2.54. The van der Waals surface area contributed by atoms with E-state index in [2.05, 4.69) is 22.9 Å². The van der Waals surface area contributed by atoms with Gasteiger partial charge in [0.25, 0.3) is 0 Å². The molecule has 102 valence electrons. The van der Waals surface area contributed by atoms with Gasteiger partial charge in [-0.2, -0.15) is 5.26 Å². The maximum absolute atomic E-state index is 9.06. The highest BCUT2D eigenvalue weighted by atomic mass is 15.2. The molecule has 0 atom stereocenters. The predicted molar refractivity (Wildman–Crippen MR) is 81.3 cm³/mol. The molecule has 0 radical (unpaired) electrons. The minimum absolute atomic E-state index is 0.631. The zero-order valence-corrected chi connectivity index (χ0v) is 11.8. The largest absolute Gasteiger partial charge is 0.398 e. The number of nitrogens with two attached hydrogens (primary N) is 1. The van der Waals surface area contributed by atoms with Crippen molar-refractivity contribution in [1.82, 2.24) is 4.98 Å². The van der Waals surface area contributed by atoms with E-state index < -0.39 is 0 Å². The van der Waals surface area contributed by atoms with Crippen molar-refractivity contribution >= 4 is 11.5 Å². The van der Waals surface area contributed by atoms with E-state index in [-0.39, 0.29) is 0 Å². The van der Waals surface area contributed by atoms with Crippen molar-refractivity contribution in [1.29, 1.82) is 5.26 Å². The first-order valence-corrected chi connectivity index (χ1v) is 6.61. The summed E-state index contributed by atoms with van der Waals surface area (Å²) in [6, 6.07) is 13.6. The van der Waals surface area contributed by atoms with Gasteiger partial charge in [-0.25, -0.2) is 4.98 Å². The Morgan fingerprint density at radius 1 is 1.30 bits per heavy atom. The highest BCUT2D eigenvalue weighted by Crippen LogP contribution is 2.20. The Morgan fingerprint density at radius 3 is 2.70 bits per heavy atom. The Kier molecular flexibility index (Phi) is 4.21. The number of nitrogens with zero attached hydrogens (tertiary/aromatic N) is 3. The number of rotatable bonds is 4. The summed E-state index contributed by atoms with van der Waals surface area (Å²) >= 11 is 0. The number of aromatic nitrogens is 1. The van der Waals surface area contributed by atoms with Crippen LogP contribution in [0.2, 0.25) is 0 Å². The van der Waals surface area contributed by atoms with Gasteiger partial charge in [-0.1, -0.05) is 18.2 Å². The summed E-state index contributed by atoms with van der Waals surface area (Å²) < 4.78 is 0. The molecule has 4 nitrogen and oxygen atoms in total. The lowest BCUT2D eigenvalue weighted by Crippen LogP contribution is -2.24. The summed E-state index contributed by atoms with van der Waals surface area (Å²) in [5, 5.41) is 9.06. The second-order valence-corrected chi connectivity index (χ2v) is 4.68. The van der Waals surface area contributed by atoms with E-state index >= 15 is 0 Å². The SMILES string of the molecule is CCN(Cc1ccccc1N)c1cc(C#N)cc(C)n1. The van der Waals surface area contributed by atoms with Crippen LogP contribution in [-0.4, -0.2) is 11.5 Å². The number of hydrogen-bond donors (Lipinski definition) is 1. The first kappa shape index (κ1) is 13.9. The number of nitriles is 1. The van der Waals surface area contributed by atoms with E-state index in [1.165, 1.54) is 0 Å². The van der Waals surface area contributed by atoms with Gasteiger partial charge in [0.05, 0.1) is 11.6 Å². The van der Waals surface area contributed by atoms with Crippen LogP contribution in [0, 0.1) is 18.3 Å². The van der Waals surface area contributed by atoms with Crippen LogP contribution in [0.1, 0.15) is 23.7 Å². The fraction of sp³-hybridized carbons (Fsp3) is 0.250. The molecule has 0 saturated carbocycles. The third kappa shape index (κ3) is 3.07. The average molecular weight is 266 g/mol. The highest BCUT2D eigenvalue weighted by molar-refractivity contribution is 5.51. The lowest BCUT2D eigenvalue weighted by atomic mass is 10.1. The van der Waals surface area contributed by atoms with Crippen LogP contribution in [0.15, 0.2) is 36.4 Å². The smallest absolute Gasteiger partial charge is 0.130 e. The molecule has 0 aliphatic carbocycles. The van der Waals surface area contributed by atoms with Gasteiger partial charge < -0.3 is 10.6 Å². The summed E-state index contributed by atoms with van der Waals surface area (Å²) in [7, 11) is 0. The molecular formula is C16H18N4. The summed E-state index contributed by atoms with van der Waals surface area (Å²) in [4.78, 5) is 6.62. The van der Waals surface area contributed by atoms with Crippen LogP contribution in [0.3, 0.4) is 0 Å². The molecule has 2 rings (SSSR count). The van der Waals surface area contributed by atoms with E-state index in [0.717, 1.165) is 29.3 Å². The van der Waals surface area contributed by atoms with Crippen molar-refractivity contribution in [2.45, 2.75) is 20.4 Å². The van der Waals surface area contributed by atoms with E-state index in [1.807, 2.05) is 37.3 Å². The summed E-state index contributed by atoms with van der Waals surface area (Å²) in [5.74, 6) is 0.812. The molecule has 2 N–H and O–H groups in total. The van der Waals surface area contributed by atoms with E-state index in [0.29, 0.717) is 12.1 Å². The van der Waals surface area contributed by atoms with Gasteiger partial charge in [-0.15, -0.1) is 0 Å². The number of hydrogen-bond acceptors (Lipinski definition) is 4. The molecule has 0 aliphatic heterocycles. The normalized spacial score (nSPS) is 10.1. The van der Waals surface area contributed by atoms with Gasteiger partial charge >= 0.3 is 0 Å². The van der Waals surface area contributed by atoms with Crippen molar-refractivity contribution in [3.05, 3.63) is 53.2 Å². The molecule has 20 heavy (non-hydrogen) atoms. The number of anilines is 2. The molecule has 4 heteroatoms. The molecule has 0 bridgehead atoms. The summed E-state index contributed by atoms with van der Waals surface area (Å²) in [6.07, 6.45) is 0. The molecule has 0 fully saturated rings. The average Bonchev–Trinajstić information content (AvgIpc) is 2.45. The van der Waals surface area contributed by atoms with Crippen molar-refractivity contribution in [2.75, 3.05) is 17.2 Å². The van der Waals surface area contributed by atoms with Gasteiger partial charge in [0, 0.05) is 24.5 Å². The molecule has 1 aromatic carbocycles. The van der Waals surface area contributed by atoms with Gasteiger partial charge in [0.1, 0.15) is 5.82 Å². The molecule has 0 unspecified atom stereocenters. The number of para-hydroxylation sites is 1. The van der Waals surface area contributed by atoms with Crippen LogP contribution in [-0.2, 0) is 6.54 Å². The first-order valence-electron chi connectivity index (χ1n) is 6.61. The Labute approximate surface area is 119 Å². The monoisotopic (exact) mass is 266 g/mol. The molecule has 1 heterocycles. The van der Waals surface area contributed by atoms with Gasteiger partial charge in [-0.3, -0.25) is 0 Å². The van der Waals surface area contributed by atoms with Gasteiger partial charge in [-0.05, 0) is 37.6 Å². The Bertz CT molecular complexity index is 643. The fourth-order valence-electron chi connectivity index (χ4n) is 2.12. The molecule has 1 aromatic heterocycles. The highest BCUT2D eigenvalue weighted by Gasteiger charge is 2.10. The van der Waals surface area contributed by atoms with Crippen molar-refractivity contribution in [3.8, 4) is 6.07 Å². The molecule has 0 saturated heterocycles. The van der Waals surface area contributed by atoms with Crippen LogP contribution in [0.25, 0.3) is 0 Å². The van der Waals surface area contributed by atoms with Crippen LogP contribution < -0.4 is 10.6 Å². The second-order valence-electron chi connectivity index (χ2n) is 4.68. The van der Waals surface area contributed by atoms with Crippen molar-refractivity contribution in [2.24, 2.45) is 0 Å². The molecule has 0 spiro atoms. The molecular weight excluding hydrogens is 248 g/mol. The zero-order chi connectivity index (χ0) is 14.5.